The Kier molecular flexibility index (Phi) is 11.3. The van der Waals surface area contributed by atoms with E-state index >= 15 is 0 Å². The van der Waals surface area contributed by atoms with Crippen LogP contribution in [0.15, 0.2) is 0 Å². The van der Waals surface area contributed by atoms with Crippen molar-refractivity contribution >= 4 is 23.4 Å². The Morgan fingerprint density at radius 3 is 1.51 bits per heavy atom. The van der Waals surface area contributed by atoms with E-state index in [1.165, 1.54) is 71.1 Å². The summed E-state index contributed by atoms with van der Waals surface area (Å²) >= 11 is 0. The zero-order valence-corrected chi connectivity index (χ0v) is 29.0. The topological polar surface area (TPSA) is 38.0 Å². The molecule has 0 aromatic rings. The number of rotatable bonds is 9. The number of nitrogens with zero attached hydrogens (tertiary/aromatic N) is 8. The molecule has 1 N–H and O–H groups in total. The van der Waals surface area contributed by atoms with Crippen molar-refractivity contribution in [1.29, 1.82) is 0 Å². The van der Waals surface area contributed by atoms with Crippen LogP contribution >= 0.6 is 23.4 Å². The highest BCUT2D eigenvalue weighted by Crippen LogP contribution is 2.92. The summed E-state index contributed by atoms with van der Waals surface area (Å²) in [5.74, 6) is 1.86. The van der Waals surface area contributed by atoms with Gasteiger partial charge in [0.2, 0.25) is 0 Å². The van der Waals surface area contributed by atoms with Crippen molar-refractivity contribution in [2.75, 3.05) is 110 Å². The number of likely N-dealkylation sites (tertiary alicyclic amines) is 1. The maximum absolute atomic E-state index is 4.28. The molecule has 218 valence electrons. The predicted molar refractivity (Wildman–Crippen MR) is 168 cm³/mol. The molecular formula is C25H61N9P3+3. The number of hydrogen-bond donors (Lipinski definition) is 1. The van der Waals surface area contributed by atoms with Crippen LogP contribution in [0.2, 0.25) is 0 Å². The minimum atomic E-state index is -1.96. The first-order chi connectivity index (χ1) is 17.2. The molecule has 3 heterocycles. The molecule has 0 aromatic carbocycles. The van der Waals surface area contributed by atoms with E-state index in [2.05, 4.69) is 126 Å². The second kappa shape index (κ2) is 12.8. The lowest BCUT2D eigenvalue weighted by Gasteiger charge is -2.56. The van der Waals surface area contributed by atoms with Crippen molar-refractivity contribution < 1.29 is 0 Å². The molecule has 12 heteroatoms. The van der Waals surface area contributed by atoms with Crippen molar-refractivity contribution in [1.82, 2.24) is 42.0 Å². The Hall–Kier alpha value is 0.930. The van der Waals surface area contributed by atoms with Crippen LogP contribution in [0, 0.1) is 11.8 Å². The van der Waals surface area contributed by atoms with Crippen molar-refractivity contribution in [2.45, 2.75) is 44.9 Å². The molecule has 3 aliphatic heterocycles. The summed E-state index contributed by atoms with van der Waals surface area (Å²) in [7, 11) is 19.6. The van der Waals surface area contributed by atoms with E-state index in [4.69, 9.17) is 0 Å². The Labute approximate surface area is 232 Å². The number of hydrogen-bond acceptors (Lipinski definition) is 9. The first kappa shape index (κ1) is 32.4. The highest BCUT2D eigenvalue weighted by Gasteiger charge is 2.84. The Morgan fingerprint density at radius 1 is 0.649 bits per heavy atom. The van der Waals surface area contributed by atoms with Gasteiger partial charge >= 0.3 is 23.4 Å². The van der Waals surface area contributed by atoms with Gasteiger partial charge in [0.05, 0.1) is 14.1 Å². The van der Waals surface area contributed by atoms with Gasteiger partial charge in [0, 0.05) is 83.2 Å². The predicted octanol–water partition coefficient (Wildman–Crippen LogP) is 4.67. The van der Waals surface area contributed by atoms with Gasteiger partial charge in [-0.05, 0) is 57.7 Å². The Morgan fingerprint density at radius 2 is 1.11 bits per heavy atom. The molecule has 3 saturated heterocycles. The zero-order valence-electron chi connectivity index (χ0n) is 26.4. The molecule has 2 atom stereocenters. The van der Waals surface area contributed by atoms with Crippen LogP contribution in [0.25, 0.3) is 0 Å². The Balaban J connectivity index is 1.80. The summed E-state index contributed by atoms with van der Waals surface area (Å²) in [4.78, 5) is 6.78. The molecule has 3 rings (SSSR count). The number of piperidine rings is 2. The largest absolute Gasteiger partial charge is 0.382 e. The van der Waals surface area contributed by atoms with E-state index in [0.29, 0.717) is 0 Å². The maximum Gasteiger partial charge on any atom is 0.382 e. The van der Waals surface area contributed by atoms with E-state index in [-0.39, 0.29) is 0 Å². The van der Waals surface area contributed by atoms with Crippen molar-refractivity contribution in [3.8, 4) is 0 Å². The molecule has 37 heavy (non-hydrogen) atoms. The summed E-state index contributed by atoms with van der Waals surface area (Å²) in [6.45, 7) is 7.49. The van der Waals surface area contributed by atoms with Crippen molar-refractivity contribution in [3.63, 3.8) is 0 Å². The third kappa shape index (κ3) is 5.96. The fourth-order valence-electron chi connectivity index (χ4n) is 7.03. The Bertz CT molecular complexity index is 718. The average molecular weight is 581 g/mol. The zero-order chi connectivity index (χ0) is 27.8. The molecule has 9 nitrogen and oxygen atoms in total. The van der Waals surface area contributed by atoms with Gasteiger partial charge < -0.3 is 4.90 Å². The van der Waals surface area contributed by atoms with Gasteiger partial charge in [-0.25, -0.2) is 0 Å². The summed E-state index contributed by atoms with van der Waals surface area (Å²) in [5.41, 5.74) is 0. The molecule has 0 bridgehead atoms. The molecule has 0 saturated carbocycles. The van der Waals surface area contributed by atoms with Gasteiger partial charge in [0.1, 0.15) is 6.66 Å². The van der Waals surface area contributed by atoms with Gasteiger partial charge in [0.25, 0.3) is 0 Å². The minimum Gasteiger partial charge on any atom is -0.306 e. The second-order valence-corrected chi connectivity index (χ2v) is 24.2. The lowest BCUT2D eigenvalue weighted by molar-refractivity contribution is 0.199. The van der Waals surface area contributed by atoms with Crippen molar-refractivity contribution in [3.05, 3.63) is 0 Å². The molecule has 0 aromatic heterocycles. The van der Waals surface area contributed by atoms with Gasteiger partial charge in [-0.1, -0.05) is 19.3 Å². The lowest BCUT2D eigenvalue weighted by atomic mass is 9.87. The van der Waals surface area contributed by atoms with Gasteiger partial charge in [-0.15, -0.1) is 23.4 Å². The monoisotopic (exact) mass is 580 g/mol. The normalized spacial score (nSPS) is 32.4. The maximum atomic E-state index is 4.28. The smallest absolute Gasteiger partial charge is 0.306 e. The molecule has 2 unspecified atom stereocenters. The summed E-state index contributed by atoms with van der Waals surface area (Å²) in [5, 5.41) is 0. The van der Waals surface area contributed by atoms with E-state index in [9.17, 15) is 0 Å². The van der Waals surface area contributed by atoms with Gasteiger partial charge in [-0.2, -0.15) is 0 Å². The quantitative estimate of drug-likeness (QED) is 0.392. The molecular weight excluding hydrogens is 519 g/mol. The van der Waals surface area contributed by atoms with Gasteiger partial charge in [0.15, 0.2) is 0 Å². The van der Waals surface area contributed by atoms with E-state index in [1.54, 1.807) is 0 Å². The molecule has 3 aliphatic rings. The molecule has 0 spiro atoms. The van der Waals surface area contributed by atoms with E-state index in [0.717, 1.165) is 11.8 Å². The van der Waals surface area contributed by atoms with Crippen molar-refractivity contribution in [2.24, 2.45) is 11.8 Å². The molecule has 0 amide bonds. The highest BCUT2D eigenvalue weighted by molar-refractivity contribution is 7.96. The second-order valence-electron chi connectivity index (χ2n) is 12.6. The fourth-order valence-corrected chi connectivity index (χ4v) is 25.9. The summed E-state index contributed by atoms with van der Waals surface area (Å²) < 4.78 is 18.5. The van der Waals surface area contributed by atoms with Crippen LogP contribution in [0.3, 0.4) is 0 Å². The molecule has 0 radical (unpaired) electrons. The van der Waals surface area contributed by atoms with E-state index < -0.39 is 23.4 Å². The molecule has 0 aliphatic carbocycles. The molecule has 3 fully saturated rings. The van der Waals surface area contributed by atoms with Crippen LogP contribution in [0.1, 0.15) is 44.9 Å². The van der Waals surface area contributed by atoms with E-state index in [1.807, 2.05) is 0 Å². The van der Waals surface area contributed by atoms with Crippen LogP contribution in [0.5, 0.6) is 0 Å². The van der Waals surface area contributed by atoms with Crippen LogP contribution in [0.4, 0.5) is 0 Å². The van der Waals surface area contributed by atoms with Crippen LogP contribution < -0.4 is 4.86 Å². The summed E-state index contributed by atoms with van der Waals surface area (Å²) in [6.07, 6.45) is 9.80. The van der Waals surface area contributed by atoms with Gasteiger partial charge in [-0.3, -0.25) is 0 Å². The third-order valence-corrected chi connectivity index (χ3v) is 24.9. The first-order valence-corrected chi connectivity index (χ1v) is 19.7. The van der Waals surface area contributed by atoms with Crippen LogP contribution in [-0.4, -0.2) is 148 Å². The number of nitrogens with one attached hydrogen (secondary N) is 1. The SMILES string of the molecule is CN1CCC(CCCC2CCN([P+]3(N(C)C)N(C)[P+](C)(N(C)C)N[P+](N(C)C)(N(C)C)N3C)CC2)CC1. The summed E-state index contributed by atoms with van der Waals surface area (Å²) in [6, 6.07) is 0. The third-order valence-electron chi connectivity index (χ3n) is 9.53. The lowest BCUT2D eigenvalue weighted by Crippen LogP contribution is -2.61. The minimum absolute atomic E-state index is 0.889. The first-order valence-electron chi connectivity index (χ1n) is 14.3. The average Bonchev–Trinajstić information content (AvgIpc) is 2.83. The highest BCUT2D eigenvalue weighted by atomic mass is 31.3. The van der Waals surface area contributed by atoms with Crippen LogP contribution in [-0.2, 0) is 0 Å². The fraction of sp³-hybridized carbons (Fsp3) is 1.00. The standard InChI is InChI=1S/C25H61N9P3/c1-27(2)35(12)26-36(28(3)4,29(5)6)33(11)37(30(7)8,32(35)10)34-22-18-25(19-23-34)15-13-14-24-16-20-31(9)21-17-24/h24-26H,13-23H2,1-12H3/q+3.